The molecular weight excluding hydrogens is 274 g/mol. The predicted molar refractivity (Wildman–Crippen MR) is 47.4 cm³/mol. The molecule has 0 aliphatic rings. The van der Waals surface area contributed by atoms with Crippen molar-refractivity contribution in [1.82, 2.24) is 0 Å². The highest BCUT2D eigenvalue weighted by molar-refractivity contribution is 6.30. The second-order valence-electron chi connectivity index (χ2n) is 3.17. The van der Waals surface area contributed by atoms with Crippen molar-refractivity contribution in [2.45, 2.75) is 18.2 Å². The van der Waals surface area contributed by atoms with Crippen molar-refractivity contribution in [3.8, 4) is 0 Å². The van der Waals surface area contributed by atoms with Gasteiger partial charge in [0.2, 0.25) is 0 Å². The minimum absolute atomic E-state index is 0.603. The summed E-state index contributed by atoms with van der Waals surface area (Å²) < 4.78 is 74.5. The summed E-state index contributed by atoms with van der Waals surface area (Å²) in [7, 11) is 0. The third-order valence-corrected chi connectivity index (χ3v) is 2.29. The quantitative estimate of drug-likeness (QED) is 0.818. The van der Waals surface area contributed by atoms with Gasteiger partial charge in [-0.1, -0.05) is 23.7 Å². The zero-order valence-corrected chi connectivity index (χ0v) is 8.66. The Bertz CT molecular complexity index is 416. The van der Waals surface area contributed by atoms with E-state index in [2.05, 4.69) is 0 Å². The molecular formula is C9H5ClF6O. The van der Waals surface area contributed by atoms with Crippen molar-refractivity contribution in [3.63, 3.8) is 0 Å². The van der Waals surface area contributed by atoms with Crippen molar-refractivity contribution in [2.24, 2.45) is 0 Å². The fourth-order valence-electron chi connectivity index (χ4n) is 1.08. The molecule has 0 aliphatic heterocycles. The van der Waals surface area contributed by atoms with Gasteiger partial charge in [0.05, 0.1) is 5.02 Å². The summed E-state index contributed by atoms with van der Waals surface area (Å²) in [5, 5.41) is 8.27. The number of benzene rings is 1. The monoisotopic (exact) mass is 278 g/mol. The first-order valence-corrected chi connectivity index (χ1v) is 4.53. The van der Waals surface area contributed by atoms with E-state index in [1.807, 2.05) is 0 Å². The summed E-state index contributed by atoms with van der Waals surface area (Å²) in [5.41, 5.74) is -1.21. The Balaban J connectivity index is 3.22. The lowest BCUT2D eigenvalue weighted by molar-refractivity contribution is -0.315. The van der Waals surface area contributed by atoms with Gasteiger partial charge in [-0.2, -0.15) is 22.0 Å². The molecule has 96 valence electrons. The first-order valence-electron chi connectivity index (χ1n) is 4.15. The lowest BCUT2D eigenvalue weighted by Crippen LogP contribution is -2.42. The van der Waals surface area contributed by atoms with E-state index in [1.54, 1.807) is 0 Å². The van der Waals surface area contributed by atoms with Gasteiger partial charge in [0.15, 0.2) is 6.10 Å². The molecule has 17 heavy (non-hydrogen) atoms. The van der Waals surface area contributed by atoms with Crippen LogP contribution in [0, 0.1) is 5.82 Å². The largest absolute Gasteiger partial charge is 0.456 e. The number of halogens is 7. The van der Waals surface area contributed by atoms with Crippen LogP contribution < -0.4 is 0 Å². The van der Waals surface area contributed by atoms with Crippen LogP contribution >= 0.6 is 11.6 Å². The molecule has 1 atom stereocenters. The Morgan fingerprint density at radius 3 is 2.12 bits per heavy atom. The summed E-state index contributed by atoms with van der Waals surface area (Å²) in [6, 6.07) is 2.51. The Morgan fingerprint density at radius 2 is 1.65 bits per heavy atom. The molecule has 0 aromatic heterocycles. The summed E-state index contributed by atoms with van der Waals surface area (Å²) >= 11 is 5.21. The van der Waals surface area contributed by atoms with Crippen LogP contribution in [-0.4, -0.2) is 17.2 Å². The molecule has 0 radical (unpaired) electrons. The Kier molecular flexibility index (Phi) is 3.63. The topological polar surface area (TPSA) is 20.2 Å². The molecule has 1 unspecified atom stereocenters. The van der Waals surface area contributed by atoms with E-state index in [4.69, 9.17) is 16.7 Å². The fraction of sp³-hybridized carbons (Fsp3) is 0.333. The van der Waals surface area contributed by atoms with Gasteiger partial charge >= 0.3 is 12.1 Å². The molecule has 0 amide bonds. The first kappa shape index (κ1) is 14.1. The van der Waals surface area contributed by atoms with Gasteiger partial charge in [0, 0.05) is 5.56 Å². The lowest BCUT2D eigenvalue weighted by atomic mass is 10.0. The molecule has 0 spiro atoms. The molecule has 0 heterocycles. The highest BCUT2D eigenvalue weighted by Crippen LogP contribution is 2.45. The molecule has 0 bridgehead atoms. The minimum Gasteiger partial charge on any atom is -0.382 e. The number of alkyl halides is 5. The second-order valence-corrected chi connectivity index (χ2v) is 3.57. The van der Waals surface area contributed by atoms with Crippen LogP contribution in [0.1, 0.15) is 11.7 Å². The number of aliphatic hydroxyl groups excluding tert-OH is 1. The van der Waals surface area contributed by atoms with Crippen LogP contribution in [0.25, 0.3) is 0 Å². The maximum Gasteiger partial charge on any atom is 0.456 e. The van der Waals surface area contributed by atoms with Gasteiger partial charge in [-0.05, 0) is 6.07 Å². The lowest BCUT2D eigenvalue weighted by Gasteiger charge is -2.25. The summed E-state index contributed by atoms with van der Waals surface area (Å²) in [6.07, 6.45) is -9.33. The summed E-state index contributed by atoms with van der Waals surface area (Å²) in [6.45, 7) is 0. The van der Waals surface area contributed by atoms with Crippen LogP contribution in [0.2, 0.25) is 5.02 Å². The van der Waals surface area contributed by atoms with E-state index in [9.17, 15) is 26.3 Å². The maximum atomic E-state index is 13.2. The second kappa shape index (κ2) is 4.38. The van der Waals surface area contributed by atoms with Crippen LogP contribution in [-0.2, 0) is 0 Å². The van der Waals surface area contributed by atoms with Crippen LogP contribution in [0.15, 0.2) is 18.2 Å². The molecule has 0 saturated heterocycles. The highest BCUT2D eigenvalue weighted by atomic mass is 35.5. The molecule has 1 aromatic carbocycles. The van der Waals surface area contributed by atoms with E-state index in [0.29, 0.717) is 6.07 Å². The first-order chi connectivity index (χ1) is 7.59. The zero-order chi connectivity index (χ0) is 13.4. The number of aliphatic hydroxyl groups is 1. The highest BCUT2D eigenvalue weighted by Gasteiger charge is 2.63. The Labute approximate surface area is 96.6 Å². The fourth-order valence-corrected chi connectivity index (χ4v) is 1.26. The molecule has 0 aliphatic carbocycles. The molecule has 0 saturated carbocycles. The zero-order valence-electron chi connectivity index (χ0n) is 7.90. The standard InChI is InChI=1S/C9H5ClF6O/c10-5-3-1-2-4(6(5)11)7(17)8(12,13)9(14,15)16/h1-3,7,17H. The summed E-state index contributed by atoms with van der Waals surface area (Å²) in [5.74, 6) is -6.97. The van der Waals surface area contributed by atoms with E-state index in [0.717, 1.165) is 12.1 Å². The third-order valence-electron chi connectivity index (χ3n) is 2.00. The van der Waals surface area contributed by atoms with Gasteiger partial charge < -0.3 is 5.11 Å². The average Bonchev–Trinajstić information content (AvgIpc) is 2.19. The smallest absolute Gasteiger partial charge is 0.382 e. The van der Waals surface area contributed by atoms with E-state index >= 15 is 0 Å². The van der Waals surface area contributed by atoms with Gasteiger partial charge in [-0.3, -0.25) is 0 Å². The Morgan fingerprint density at radius 1 is 1.12 bits per heavy atom. The normalized spacial score (nSPS) is 14.8. The molecule has 1 rings (SSSR count). The molecule has 1 nitrogen and oxygen atoms in total. The van der Waals surface area contributed by atoms with Crippen molar-refractivity contribution in [1.29, 1.82) is 0 Å². The van der Waals surface area contributed by atoms with Crippen molar-refractivity contribution >= 4 is 11.6 Å². The summed E-state index contributed by atoms with van der Waals surface area (Å²) in [4.78, 5) is 0. The van der Waals surface area contributed by atoms with Gasteiger partial charge in [0.25, 0.3) is 0 Å². The average molecular weight is 279 g/mol. The maximum absolute atomic E-state index is 13.2. The molecule has 8 heteroatoms. The van der Waals surface area contributed by atoms with Crippen LogP contribution in [0.4, 0.5) is 26.3 Å². The van der Waals surface area contributed by atoms with E-state index in [1.165, 1.54) is 0 Å². The SMILES string of the molecule is OC(c1cccc(Cl)c1F)C(F)(F)C(F)(F)F. The van der Waals surface area contributed by atoms with Crippen LogP contribution in [0.5, 0.6) is 0 Å². The van der Waals surface area contributed by atoms with Crippen molar-refractivity contribution in [3.05, 3.63) is 34.6 Å². The van der Waals surface area contributed by atoms with Gasteiger partial charge in [-0.25, -0.2) is 4.39 Å². The molecule has 0 fully saturated rings. The predicted octanol–water partition coefficient (Wildman–Crippen LogP) is 3.71. The van der Waals surface area contributed by atoms with Gasteiger partial charge in [-0.15, -0.1) is 0 Å². The van der Waals surface area contributed by atoms with Crippen molar-refractivity contribution in [2.75, 3.05) is 0 Å². The van der Waals surface area contributed by atoms with Crippen molar-refractivity contribution < 1.29 is 31.4 Å². The molecule has 1 aromatic rings. The minimum atomic E-state index is -5.98. The number of hydrogen-bond acceptors (Lipinski definition) is 1. The van der Waals surface area contributed by atoms with Gasteiger partial charge in [0.1, 0.15) is 5.82 Å². The molecule has 1 N–H and O–H groups in total. The Hall–Kier alpha value is -0.950. The van der Waals surface area contributed by atoms with Crippen LogP contribution in [0.3, 0.4) is 0 Å². The number of rotatable bonds is 2. The number of hydrogen-bond donors (Lipinski definition) is 1. The van der Waals surface area contributed by atoms with E-state index in [-0.39, 0.29) is 0 Å². The van der Waals surface area contributed by atoms with E-state index < -0.39 is 34.6 Å². The third kappa shape index (κ3) is 2.50.